The van der Waals surface area contributed by atoms with Gasteiger partial charge in [-0.15, -0.1) is 11.3 Å². The molecule has 122 valence electrons. The van der Waals surface area contributed by atoms with Gasteiger partial charge in [0, 0.05) is 30.7 Å². The number of carbonyl (C=O) groups is 1. The van der Waals surface area contributed by atoms with Crippen molar-refractivity contribution in [2.24, 2.45) is 0 Å². The smallest absolute Gasteiger partial charge is 0.257 e. The SMILES string of the molecule is CCc1ccc(C(=O)N2CCC(Nc3nccs3)CC2)c(O)c1. The van der Waals surface area contributed by atoms with Gasteiger partial charge in [-0.1, -0.05) is 13.0 Å². The molecule has 0 bridgehead atoms. The van der Waals surface area contributed by atoms with E-state index in [1.165, 1.54) is 0 Å². The maximum absolute atomic E-state index is 12.6. The quantitative estimate of drug-likeness (QED) is 0.903. The summed E-state index contributed by atoms with van der Waals surface area (Å²) in [6.07, 6.45) is 4.41. The summed E-state index contributed by atoms with van der Waals surface area (Å²) in [5.74, 6) is -0.00441. The van der Waals surface area contributed by atoms with Crippen LogP contribution in [0.1, 0.15) is 35.7 Å². The lowest BCUT2D eigenvalue weighted by atomic mass is 10.0. The van der Waals surface area contributed by atoms with Crippen LogP contribution < -0.4 is 5.32 Å². The third kappa shape index (κ3) is 3.64. The van der Waals surface area contributed by atoms with Crippen LogP contribution in [0.4, 0.5) is 5.13 Å². The fraction of sp³-hybridized carbons (Fsp3) is 0.412. The molecule has 0 saturated carbocycles. The fourth-order valence-corrected chi connectivity index (χ4v) is 3.45. The highest BCUT2D eigenvalue weighted by Gasteiger charge is 2.25. The second kappa shape index (κ2) is 7.00. The van der Waals surface area contributed by atoms with E-state index >= 15 is 0 Å². The average Bonchev–Trinajstić information content (AvgIpc) is 3.08. The number of piperidine rings is 1. The first-order chi connectivity index (χ1) is 11.2. The molecule has 3 rings (SSSR count). The van der Waals surface area contributed by atoms with E-state index in [1.54, 1.807) is 29.7 Å². The molecule has 23 heavy (non-hydrogen) atoms. The Morgan fingerprint density at radius 1 is 1.43 bits per heavy atom. The van der Waals surface area contributed by atoms with Crippen molar-refractivity contribution < 1.29 is 9.90 Å². The van der Waals surface area contributed by atoms with E-state index < -0.39 is 0 Å². The Labute approximate surface area is 140 Å². The summed E-state index contributed by atoms with van der Waals surface area (Å²) < 4.78 is 0. The highest BCUT2D eigenvalue weighted by Crippen LogP contribution is 2.24. The Balaban J connectivity index is 1.60. The Morgan fingerprint density at radius 3 is 2.83 bits per heavy atom. The van der Waals surface area contributed by atoms with Crippen LogP contribution in [0.5, 0.6) is 5.75 Å². The van der Waals surface area contributed by atoms with Crippen LogP contribution in [0, 0.1) is 0 Å². The van der Waals surface area contributed by atoms with Gasteiger partial charge in [-0.3, -0.25) is 4.79 Å². The third-order valence-electron chi connectivity index (χ3n) is 4.24. The van der Waals surface area contributed by atoms with E-state index in [-0.39, 0.29) is 11.7 Å². The van der Waals surface area contributed by atoms with Crippen molar-refractivity contribution in [2.75, 3.05) is 18.4 Å². The standard InChI is InChI=1S/C17H21N3O2S/c1-2-12-3-4-14(15(21)11-12)16(22)20-8-5-13(6-9-20)19-17-18-7-10-23-17/h3-4,7,10-11,13,21H,2,5-6,8-9H2,1H3,(H,18,19). The number of likely N-dealkylation sites (tertiary alicyclic amines) is 1. The van der Waals surface area contributed by atoms with Crippen molar-refractivity contribution in [3.63, 3.8) is 0 Å². The molecule has 0 spiro atoms. The second-order valence-corrected chi connectivity index (χ2v) is 6.65. The maximum Gasteiger partial charge on any atom is 0.257 e. The van der Waals surface area contributed by atoms with Gasteiger partial charge >= 0.3 is 0 Å². The highest BCUT2D eigenvalue weighted by molar-refractivity contribution is 7.13. The van der Waals surface area contributed by atoms with Crippen LogP contribution in [-0.4, -0.2) is 40.0 Å². The molecule has 0 unspecified atom stereocenters. The topological polar surface area (TPSA) is 65.5 Å². The van der Waals surface area contributed by atoms with Crippen LogP contribution in [0.15, 0.2) is 29.8 Å². The number of thiazole rings is 1. The summed E-state index contributed by atoms with van der Waals surface area (Å²) in [5, 5.41) is 16.4. The summed E-state index contributed by atoms with van der Waals surface area (Å²) in [6.45, 7) is 3.41. The van der Waals surface area contributed by atoms with Crippen molar-refractivity contribution in [3.8, 4) is 5.75 Å². The van der Waals surface area contributed by atoms with Gasteiger partial charge in [0.1, 0.15) is 5.75 Å². The Morgan fingerprint density at radius 2 is 2.22 bits per heavy atom. The molecule has 1 aliphatic rings. The number of hydrogen-bond acceptors (Lipinski definition) is 5. The zero-order chi connectivity index (χ0) is 16.2. The van der Waals surface area contributed by atoms with Gasteiger partial charge in [0.15, 0.2) is 5.13 Å². The summed E-state index contributed by atoms with van der Waals surface area (Å²) >= 11 is 1.59. The van der Waals surface area contributed by atoms with Gasteiger partial charge in [-0.05, 0) is 37.0 Å². The normalized spacial score (nSPS) is 15.6. The van der Waals surface area contributed by atoms with E-state index in [0.29, 0.717) is 24.7 Å². The molecule has 0 radical (unpaired) electrons. The van der Waals surface area contributed by atoms with E-state index in [2.05, 4.69) is 10.3 Å². The molecular weight excluding hydrogens is 310 g/mol. The first-order valence-electron chi connectivity index (χ1n) is 7.94. The van der Waals surface area contributed by atoms with E-state index in [0.717, 1.165) is 30.0 Å². The predicted octanol–water partition coefficient (Wildman–Crippen LogP) is 3.13. The number of nitrogens with zero attached hydrogens (tertiary/aromatic N) is 2. The number of phenolic OH excluding ortho intramolecular Hbond substituents is 1. The predicted molar refractivity (Wildman–Crippen MR) is 92.1 cm³/mol. The van der Waals surface area contributed by atoms with Crippen LogP contribution in [0.3, 0.4) is 0 Å². The molecule has 5 nitrogen and oxygen atoms in total. The van der Waals surface area contributed by atoms with Gasteiger partial charge in [0.25, 0.3) is 5.91 Å². The minimum atomic E-state index is -0.0853. The molecule has 2 heterocycles. The fourth-order valence-electron chi connectivity index (χ4n) is 2.84. The second-order valence-electron chi connectivity index (χ2n) is 5.75. The van der Waals surface area contributed by atoms with Gasteiger partial charge in [0.05, 0.1) is 5.56 Å². The molecule has 1 aromatic carbocycles. The average molecular weight is 331 g/mol. The largest absolute Gasteiger partial charge is 0.507 e. The molecule has 0 atom stereocenters. The number of aryl methyl sites for hydroxylation is 1. The maximum atomic E-state index is 12.6. The molecule has 1 aromatic heterocycles. The molecule has 0 aliphatic carbocycles. The minimum Gasteiger partial charge on any atom is -0.507 e. The first kappa shape index (κ1) is 15.8. The summed E-state index contributed by atoms with van der Waals surface area (Å²) in [5.41, 5.74) is 1.43. The zero-order valence-electron chi connectivity index (χ0n) is 13.2. The molecule has 1 amide bonds. The summed E-state index contributed by atoms with van der Waals surface area (Å²) in [6, 6.07) is 5.67. The summed E-state index contributed by atoms with van der Waals surface area (Å²) in [4.78, 5) is 18.6. The van der Waals surface area contributed by atoms with Crippen molar-refractivity contribution in [1.29, 1.82) is 0 Å². The van der Waals surface area contributed by atoms with Crippen LogP contribution in [0.25, 0.3) is 0 Å². The number of rotatable bonds is 4. The molecule has 1 aliphatic heterocycles. The number of benzene rings is 1. The number of phenols is 1. The van der Waals surface area contributed by atoms with Crippen molar-refractivity contribution in [3.05, 3.63) is 40.9 Å². The van der Waals surface area contributed by atoms with E-state index in [9.17, 15) is 9.90 Å². The Kier molecular flexibility index (Phi) is 4.81. The van der Waals surface area contributed by atoms with Crippen LogP contribution >= 0.6 is 11.3 Å². The zero-order valence-corrected chi connectivity index (χ0v) is 14.0. The van der Waals surface area contributed by atoms with Crippen molar-refractivity contribution in [2.45, 2.75) is 32.2 Å². The first-order valence-corrected chi connectivity index (χ1v) is 8.82. The lowest BCUT2D eigenvalue weighted by Crippen LogP contribution is -2.42. The number of hydrogen-bond donors (Lipinski definition) is 2. The highest BCUT2D eigenvalue weighted by atomic mass is 32.1. The van der Waals surface area contributed by atoms with Crippen LogP contribution in [-0.2, 0) is 6.42 Å². The number of carbonyl (C=O) groups excluding carboxylic acids is 1. The molecule has 6 heteroatoms. The number of amides is 1. The van der Waals surface area contributed by atoms with Crippen molar-refractivity contribution >= 4 is 22.4 Å². The van der Waals surface area contributed by atoms with Gasteiger partial charge in [0.2, 0.25) is 0 Å². The Hall–Kier alpha value is -2.08. The van der Waals surface area contributed by atoms with E-state index in [4.69, 9.17) is 0 Å². The van der Waals surface area contributed by atoms with E-state index in [1.807, 2.05) is 23.3 Å². The molecule has 1 saturated heterocycles. The monoisotopic (exact) mass is 331 g/mol. The lowest BCUT2D eigenvalue weighted by molar-refractivity contribution is 0.0715. The molecule has 2 N–H and O–H groups in total. The molecule has 1 fully saturated rings. The summed E-state index contributed by atoms with van der Waals surface area (Å²) in [7, 11) is 0. The van der Waals surface area contributed by atoms with Gasteiger partial charge < -0.3 is 15.3 Å². The van der Waals surface area contributed by atoms with Crippen molar-refractivity contribution in [1.82, 2.24) is 9.88 Å². The third-order valence-corrected chi connectivity index (χ3v) is 4.95. The van der Waals surface area contributed by atoms with Gasteiger partial charge in [-0.25, -0.2) is 4.98 Å². The van der Waals surface area contributed by atoms with Crippen LogP contribution in [0.2, 0.25) is 0 Å². The lowest BCUT2D eigenvalue weighted by Gasteiger charge is -2.32. The number of aromatic hydroxyl groups is 1. The molecular formula is C17H21N3O2S. The minimum absolute atomic E-state index is 0.0809. The Bertz CT molecular complexity index is 664. The number of anilines is 1. The number of nitrogens with one attached hydrogen (secondary N) is 1. The molecule has 2 aromatic rings. The number of aromatic nitrogens is 1. The van der Waals surface area contributed by atoms with Gasteiger partial charge in [-0.2, -0.15) is 0 Å².